The van der Waals surface area contributed by atoms with Crippen LogP contribution in [0.1, 0.15) is 37.0 Å². The summed E-state index contributed by atoms with van der Waals surface area (Å²) in [5.41, 5.74) is 3.03. The number of para-hydroxylation sites is 1. The van der Waals surface area contributed by atoms with Crippen molar-refractivity contribution in [2.24, 2.45) is 0 Å². The summed E-state index contributed by atoms with van der Waals surface area (Å²) in [5.74, 6) is 0.555. The number of ketones is 1. The van der Waals surface area contributed by atoms with Gasteiger partial charge < -0.3 is 9.64 Å². The Kier molecular flexibility index (Phi) is 7.00. The smallest absolute Gasteiger partial charge is 0.244 e. The number of rotatable bonds is 5. The van der Waals surface area contributed by atoms with Crippen molar-refractivity contribution in [2.45, 2.75) is 44.4 Å². The van der Waals surface area contributed by atoms with E-state index in [1.54, 1.807) is 4.90 Å². The number of hydrogen-bond acceptors (Lipinski definition) is 4. The molecule has 2 aromatic rings. The van der Waals surface area contributed by atoms with Gasteiger partial charge in [-0.1, -0.05) is 55.1 Å². The highest BCUT2D eigenvalue weighted by Gasteiger charge is 2.37. The lowest BCUT2D eigenvalue weighted by Crippen LogP contribution is -2.50. The van der Waals surface area contributed by atoms with Crippen LogP contribution in [0.25, 0.3) is 0 Å². The lowest BCUT2D eigenvalue weighted by molar-refractivity contribution is -0.123. The van der Waals surface area contributed by atoms with Gasteiger partial charge >= 0.3 is 0 Å². The summed E-state index contributed by atoms with van der Waals surface area (Å²) in [5, 5.41) is 3.47. The van der Waals surface area contributed by atoms with Crippen LogP contribution < -0.4 is 10.2 Å². The summed E-state index contributed by atoms with van der Waals surface area (Å²) in [7, 11) is 0. The molecule has 158 valence electrons. The summed E-state index contributed by atoms with van der Waals surface area (Å²) < 4.78 is 5.99. The van der Waals surface area contributed by atoms with Crippen LogP contribution in [-0.2, 0) is 20.7 Å². The third-order valence-corrected chi connectivity index (χ3v) is 5.64. The largest absolute Gasteiger partial charge is 0.489 e. The number of ether oxygens (including phenoxy) is 1. The molecule has 2 unspecified atom stereocenters. The quantitative estimate of drug-likeness (QED) is 0.796. The van der Waals surface area contributed by atoms with Crippen molar-refractivity contribution in [3.8, 4) is 0 Å². The van der Waals surface area contributed by atoms with Gasteiger partial charge in [0.1, 0.15) is 17.6 Å². The Morgan fingerprint density at radius 3 is 2.57 bits per heavy atom. The SMILES string of the molecule is C=C1OC(c2ccccc2)CC1N[C@H]1CCc2ccccc2N(CC(C)=O)C1=O.S. The topological polar surface area (TPSA) is 58.6 Å². The van der Waals surface area contributed by atoms with Crippen molar-refractivity contribution in [3.63, 3.8) is 0 Å². The van der Waals surface area contributed by atoms with Gasteiger partial charge in [0.05, 0.1) is 18.6 Å². The molecule has 0 aromatic heterocycles. The highest BCUT2D eigenvalue weighted by atomic mass is 32.1. The molecule has 1 N–H and O–H groups in total. The van der Waals surface area contributed by atoms with Gasteiger partial charge in [-0.15, -0.1) is 0 Å². The van der Waals surface area contributed by atoms with E-state index in [-0.39, 0.29) is 49.9 Å². The number of Topliss-reactive ketones (excluding diaryl/α,β-unsaturated/α-hetero) is 1. The Bertz CT molecular complexity index is 931. The van der Waals surface area contributed by atoms with Gasteiger partial charge in [-0.3, -0.25) is 14.9 Å². The van der Waals surface area contributed by atoms with E-state index < -0.39 is 0 Å². The maximum absolute atomic E-state index is 13.3. The first-order valence-electron chi connectivity index (χ1n) is 10.1. The molecule has 0 saturated carbocycles. The molecule has 3 atom stereocenters. The molecule has 0 radical (unpaired) electrons. The van der Waals surface area contributed by atoms with Crippen LogP contribution >= 0.6 is 13.5 Å². The van der Waals surface area contributed by atoms with Crippen LogP contribution in [0.15, 0.2) is 66.9 Å². The lowest BCUT2D eigenvalue weighted by atomic mass is 10.0. The fourth-order valence-corrected chi connectivity index (χ4v) is 4.19. The van der Waals surface area contributed by atoms with E-state index in [1.807, 2.05) is 54.6 Å². The van der Waals surface area contributed by atoms with E-state index in [4.69, 9.17) is 4.74 Å². The monoisotopic (exact) mass is 424 g/mol. The van der Waals surface area contributed by atoms with Gasteiger partial charge in [0.2, 0.25) is 5.91 Å². The molecular formula is C24H28N2O3S. The second kappa shape index (κ2) is 9.49. The van der Waals surface area contributed by atoms with E-state index in [9.17, 15) is 9.59 Å². The molecule has 0 bridgehead atoms. The van der Waals surface area contributed by atoms with Crippen molar-refractivity contribution >= 4 is 30.9 Å². The van der Waals surface area contributed by atoms with Gasteiger partial charge in [0, 0.05) is 12.1 Å². The van der Waals surface area contributed by atoms with Crippen LogP contribution in [0.5, 0.6) is 0 Å². The van der Waals surface area contributed by atoms with Crippen LogP contribution in [0.3, 0.4) is 0 Å². The van der Waals surface area contributed by atoms with Gasteiger partial charge in [-0.25, -0.2) is 0 Å². The molecule has 6 heteroatoms. The molecule has 4 rings (SSSR count). The maximum atomic E-state index is 13.3. The molecule has 2 heterocycles. The molecule has 2 aliphatic heterocycles. The number of hydrogen-bond donors (Lipinski definition) is 1. The summed E-state index contributed by atoms with van der Waals surface area (Å²) in [6, 6.07) is 17.4. The predicted molar refractivity (Wildman–Crippen MR) is 123 cm³/mol. The molecule has 5 nitrogen and oxygen atoms in total. The minimum absolute atomic E-state index is 0. The Balaban J connectivity index is 0.00000256. The number of carbonyl (C=O) groups excluding carboxylic acids is 2. The molecule has 0 spiro atoms. The normalized spacial score (nSPS) is 23.2. The zero-order chi connectivity index (χ0) is 20.4. The van der Waals surface area contributed by atoms with Crippen molar-refractivity contribution in [1.29, 1.82) is 0 Å². The molecule has 0 aliphatic carbocycles. The number of fused-ring (bicyclic) bond motifs is 1. The second-order valence-electron chi connectivity index (χ2n) is 7.78. The minimum atomic E-state index is -0.387. The summed E-state index contributed by atoms with van der Waals surface area (Å²) >= 11 is 0. The van der Waals surface area contributed by atoms with E-state index >= 15 is 0 Å². The average molecular weight is 425 g/mol. The van der Waals surface area contributed by atoms with Gasteiger partial charge in [-0.05, 0) is 37.0 Å². The third kappa shape index (κ3) is 4.60. The van der Waals surface area contributed by atoms with Crippen molar-refractivity contribution in [1.82, 2.24) is 5.32 Å². The molecule has 2 aliphatic rings. The van der Waals surface area contributed by atoms with Crippen LogP contribution in [0.2, 0.25) is 0 Å². The number of nitrogens with zero attached hydrogens (tertiary/aromatic N) is 1. The number of aryl methyl sites for hydroxylation is 1. The molecule has 2 aromatic carbocycles. The summed E-state index contributed by atoms with van der Waals surface area (Å²) in [4.78, 5) is 26.8. The molecule has 1 saturated heterocycles. The average Bonchev–Trinajstić information content (AvgIpc) is 3.04. The van der Waals surface area contributed by atoms with Crippen LogP contribution in [-0.4, -0.2) is 30.3 Å². The third-order valence-electron chi connectivity index (χ3n) is 5.64. The van der Waals surface area contributed by atoms with Gasteiger partial charge in [-0.2, -0.15) is 13.5 Å². The Morgan fingerprint density at radius 1 is 1.13 bits per heavy atom. The van der Waals surface area contributed by atoms with Crippen molar-refractivity contribution < 1.29 is 14.3 Å². The van der Waals surface area contributed by atoms with Crippen LogP contribution in [0, 0.1) is 0 Å². The highest BCUT2D eigenvalue weighted by Crippen LogP contribution is 2.35. The number of amides is 1. The standard InChI is InChI=1S/C24H26N2O3.H2S/c1-16(27)15-26-22-11-7-6-8-18(22)12-13-20(24(26)28)25-21-14-23(29-17(21)2)19-9-4-3-5-10-19;/h3-11,20-21,23,25H,2,12-15H2,1H3;1H2/t20-,21?,23?;/m0./s1. The fourth-order valence-electron chi connectivity index (χ4n) is 4.19. The minimum Gasteiger partial charge on any atom is -0.489 e. The van der Waals surface area contributed by atoms with Crippen LogP contribution in [0.4, 0.5) is 5.69 Å². The summed E-state index contributed by atoms with van der Waals surface area (Å²) in [6.07, 6.45) is 2.11. The van der Waals surface area contributed by atoms with Crippen molar-refractivity contribution in [3.05, 3.63) is 78.1 Å². The van der Waals surface area contributed by atoms with E-state index in [2.05, 4.69) is 11.9 Å². The lowest BCUT2D eigenvalue weighted by Gasteiger charge is -2.26. The van der Waals surface area contributed by atoms with Crippen molar-refractivity contribution in [2.75, 3.05) is 11.4 Å². The van der Waals surface area contributed by atoms with E-state index in [1.165, 1.54) is 6.92 Å². The number of carbonyl (C=O) groups is 2. The second-order valence-corrected chi connectivity index (χ2v) is 7.78. The maximum Gasteiger partial charge on any atom is 0.244 e. The number of anilines is 1. The molecular weight excluding hydrogens is 396 g/mol. The predicted octanol–water partition coefficient (Wildman–Crippen LogP) is 3.67. The summed E-state index contributed by atoms with van der Waals surface area (Å²) in [6.45, 7) is 5.67. The van der Waals surface area contributed by atoms with E-state index in [0.29, 0.717) is 12.2 Å². The Labute approximate surface area is 184 Å². The number of nitrogens with one attached hydrogen (secondary N) is 1. The molecule has 30 heavy (non-hydrogen) atoms. The Morgan fingerprint density at radius 2 is 1.83 bits per heavy atom. The van der Waals surface area contributed by atoms with Gasteiger partial charge in [0.25, 0.3) is 0 Å². The zero-order valence-corrected chi connectivity index (χ0v) is 18.1. The van der Waals surface area contributed by atoms with E-state index in [0.717, 1.165) is 29.7 Å². The highest BCUT2D eigenvalue weighted by molar-refractivity contribution is 7.59. The molecule has 1 fully saturated rings. The zero-order valence-electron chi connectivity index (χ0n) is 17.1. The fraction of sp³-hybridized carbons (Fsp3) is 0.333. The number of benzene rings is 2. The first-order valence-corrected chi connectivity index (χ1v) is 10.1. The molecule has 1 amide bonds. The Hall–Kier alpha value is -2.57. The van der Waals surface area contributed by atoms with Gasteiger partial charge in [0.15, 0.2) is 0 Å². The first-order chi connectivity index (χ1) is 14.0. The first kappa shape index (κ1) is 22.1.